The van der Waals surface area contributed by atoms with E-state index in [-0.39, 0.29) is 5.82 Å². The van der Waals surface area contributed by atoms with Gasteiger partial charge in [-0.05, 0) is 19.9 Å². The molecule has 0 amide bonds. The molecule has 0 bridgehead atoms. The summed E-state index contributed by atoms with van der Waals surface area (Å²) in [6.07, 6.45) is 7.10. The molecule has 0 aromatic carbocycles. The summed E-state index contributed by atoms with van der Waals surface area (Å²) in [5.74, 6) is 0.218. The zero-order valence-corrected chi connectivity index (χ0v) is 12.8. The fourth-order valence-corrected chi connectivity index (χ4v) is 2.70. The lowest BCUT2D eigenvalue weighted by Crippen LogP contribution is -2.01. The topological polar surface area (TPSA) is 70.9 Å². The van der Waals surface area contributed by atoms with Gasteiger partial charge in [0.2, 0.25) is 5.95 Å². The molecule has 4 heterocycles. The van der Waals surface area contributed by atoms with Crippen molar-refractivity contribution in [3.8, 4) is 11.1 Å². The van der Waals surface area contributed by atoms with E-state index in [1.54, 1.807) is 16.8 Å². The van der Waals surface area contributed by atoms with E-state index in [0.717, 1.165) is 28.8 Å². The summed E-state index contributed by atoms with van der Waals surface area (Å²) in [6.45, 7) is 4.63. The van der Waals surface area contributed by atoms with Crippen molar-refractivity contribution in [1.29, 1.82) is 0 Å². The highest BCUT2D eigenvalue weighted by atomic mass is 19.1. The second-order valence-corrected chi connectivity index (χ2v) is 5.36. The number of hydrogen-bond acceptors (Lipinski definition) is 4. The van der Waals surface area contributed by atoms with Crippen LogP contribution in [0.2, 0.25) is 0 Å². The van der Waals surface area contributed by atoms with E-state index in [1.165, 1.54) is 6.07 Å². The number of halogens is 1. The Morgan fingerprint density at radius 2 is 2.17 bits per heavy atom. The third-order valence-corrected chi connectivity index (χ3v) is 3.82. The first-order valence-corrected chi connectivity index (χ1v) is 7.39. The van der Waals surface area contributed by atoms with Crippen molar-refractivity contribution < 1.29 is 4.39 Å². The third kappa shape index (κ3) is 2.12. The SMILES string of the molecule is CCNc1ncc2c(-c3cc(F)c4ncc(C)n4c3)c[nH]c2n1. The Balaban J connectivity index is 1.90. The van der Waals surface area contributed by atoms with Crippen LogP contribution >= 0.6 is 0 Å². The van der Waals surface area contributed by atoms with Crippen LogP contribution in [0.3, 0.4) is 0 Å². The molecular weight excluding hydrogens is 295 g/mol. The van der Waals surface area contributed by atoms with Gasteiger partial charge in [-0.3, -0.25) is 0 Å². The van der Waals surface area contributed by atoms with Crippen LogP contribution in [0.15, 0.2) is 30.9 Å². The number of H-pyrrole nitrogens is 1. The lowest BCUT2D eigenvalue weighted by Gasteiger charge is -2.04. The van der Waals surface area contributed by atoms with E-state index in [1.807, 2.05) is 26.2 Å². The smallest absolute Gasteiger partial charge is 0.224 e. The van der Waals surface area contributed by atoms with Crippen LogP contribution in [0.1, 0.15) is 12.6 Å². The highest BCUT2D eigenvalue weighted by molar-refractivity contribution is 5.93. The standard InChI is InChI=1S/C16H15FN6/c1-3-18-16-21-7-12-11(6-19-14(12)22-16)10-4-13(17)15-20-5-9(2)23(15)8-10/h4-8H,3H2,1-2H3,(H2,18,19,21,22). The lowest BCUT2D eigenvalue weighted by molar-refractivity contribution is 0.630. The van der Waals surface area contributed by atoms with Crippen LogP contribution in [0.4, 0.5) is 10.3 Å². The molecule has 0 saturated carbocycles. The first kappa shape index (κ1) is 13.7. The average molecular weight is 310 g/mol. The average Bonchev–Trinajstić information content (AvgIpc) is 3.12. The van der Waals surface area contributed by atoms with Crippen molar-refractivity contribution in [2.75, 3.05) is 11.9 Å². The Morgan fingerprint density at radius 3 is 3.00 bits per heavy atom. The van der Waals surface area contributed by atoms with E-state index in [0.29, 0.717) is 17.2 Å². The van der Waals surface area contributed by atoms with Gasteiger partial charge >= 0.3 is 0 Å². The number of aromatic amines is 1. The molecule has 4 aromatic rings. The van der Waals surface area contributed by atoms with Gasteiger partial charge in [0.05, 0.1) is 0 Å². The van der Waals surface area contributed by atoms with Gasteiger partial charge < -0.3 is 14.7 Å². The Morgan fingerprint density at radius 1 is 1.30 bits per heavy atom. The number of pyridine rings is 1. The predicted molar refractivity (Wildman–Crippen MR) is 86.9 cm³/mol. The van der Waals surface area contributed by atoms with Crippen molar-refractivity contribution in [2.45, 2.75) is 13.8 Å². The summed E-state index contributed by atoms with van der Waals surface area (Å²) in [5.41, 5.74) is 3.54. The van der Waals surface area contributed by atoms with Gasteiger partial charge in [0.15, 0.2) is 11.5 Å². The van der Waals surface area contributed by atoms with Crippen LogP contribution < -0.4 is 5.32 Å². The van der Waals surface area contributed by atoms with Gasteiger partial charge in [-0.25, -0.2) is 14.4 Å². The van der Waals surface area contributed by atoms with E-state index >= 15 is 0 Å². The largest absolute Gasteiger partial charge is 0.354 e. The van der Waals surface area contributed by atoms with Gasteiger partial charge in [0.25, 0.3) is 0 Å². The molecule has 6 nitrogen and oxygen atoms in total. The number of imidazole rings is 1. The summed E-state index contributed by atoms with van der Waals surface area (Å²) in [4.78, 5) is 15.9. The molecule has 0 saturated heterocycles. The Hall–Kier alpha value is -2.96. The van der Waals surface area contributed by atoms with E-state index in [9.17, 15) is 4.39 Å². The van der Waals surface area contributed by atoms with Gasteiger partial charge in [-0.1, -0.05) is 0 Å². The van der Waals surface area contributed by atoms with Gasteiger partial charge in [-0.2, -0.15) is 4.98 Å². The minimum atomic E-state index is -0.352. The van der Waals surface area contributed by atoms with Crippen LogP contribution in [0, 0.1) is 12.7 Å². The first-order chi connectivity index (χ1) is 11.2. The van der Waals surface area contributed by atoms with Crippen LogP contribution in [0.25, 0.3) is 27.8 Å². The molecule has 0 fully saturated rings. The highest BCUT2D eigenvalue weighted by Gasteiger charge is 2.13. The van der Waals surface area contributed by atoms with Crippen molar-refractivity contribution >= 4 is 22.6 Å². The second kappa shape index (κ2) is 5.05. The molecule has 2 N–H and O–H groups in total. The van der Waals surface area contributed by atoms with Crippen molar-refractivity contribution in [3.05, 3.63) is 42.4 Å². The predicted octanol–water partition coefficient (Wildman–Crippen LogP) is 3.15. The van der Waals surface area contributed by atoms with Crippen LogP contribution in [0.5, 0.6) is 0 Å². The number of hydrogen-bond donors (Lipinski definition) is 2. The molecule has 0 aliphatic rings. The molecule has 0 spiro atoms. The lowest BCUT2D eigenvalue weighted by atomic mass is 10.1. The van der Waals surface area contributed by atoms with Crippen LogP contribution in [-0.4, -0.2) is 30.9 Å². The molecule has 23 heavy (non-hydrogen) atoms. The van der Waals surface area contributed by atoms with E-state index < -0.39 is 0 Å². The fourth-order valence-electron chi connectivity index (χ4n) is 2.70. The summed E-state index contributed by atoms with van der Waals surface area (Å²) >= 11 is 0. The fraction of sp³-hybridized carbons (Fsp3) is 0.188. The second-order valence-electron chi connectivity index (χ2n) is 5.36. The molecule has 116 valence electrons. The normalized spacial score (nSPS) is 11.4. The number of rotatable bonds is 3. The summed E-state index contributed by atoms with van der Waals surface area (Å²) in [7, 11) is 0. The van der Waals surface area contributed by atoms with E-state index in [4.69, 9.17) is 0 Å². The maximum Gasteiger partial charge on any atom is 0.224 e. The van der Waals surface area contributed by atoms with Crippen molar-refractivity contribution in [1.82, 2.24) is 24.3 Å². The molecule has 4 rings (SSSR count). The number of fused-ring (bicyclic) bond motifs is 2. The number of nitrogens with zero attached hydrogens (tertiary/aromatic N) is 4. The first-order valence-electron chi connectivity index (χ1n) is 7.39. The Labute approximate surface area is 131 Å². The molecule has 7 heteroatoms. The number of nitrogens with one attached hydrogen (secondary N) is 2. The minimum Gasteiger partial charge on any atom is -0.354 e. The molecular formula is C16H15FN6. The minimum absolute atomic E-state index is 0.330. The van der Waals surface area contributed by atoms with E-state index in [2.05, 4.69) is 25.3 Å². The zero-order chi connectivity index (χ0) is 16.0. The molecule has 0 unspecified atom stereocenters. The van der Waals surface area contributed by atoms with Gasteiger partial charge in [0.1, 0.15) is 5.65 Å². The van der Waals surface area contributed by atoms with Crippen molar-refractivity contribution in [2.24, 2.45) is 0 Å². The molecule has 4 aromatic heterocycles. The monoisotopic (exact) mass is 310 g/mol. The summed E-state index contributed by atoms with van der Waals surface area (Å²) < 4.78 is 16.0. The number of aryl methyl sites for hydroxylation is 1. The number of anilines is 1. The number of aromatic nitrogens is 5. The molecule has 0 aliphatic carbocycles. The van der Waals surface area contributed by atoms with Crippen LogP contribution in [-0.2, 0) is 0 Å². The van der Waals surface area contributed by atoms with Gasteiger partial charge in [0, 0.05) is 53.5 Å². The Kier molecular flexibility index (Phi) is 3.00. The molecule has 0 aliphatic heterocycles. The van der Waals surface area contributed by atoms with Gasteiger partial charge in [-0.15, -0.1) is 0 Å². The van der Waals surface area contributed by atoms with Crippen molar-refractivity contribution in [3.63, 3.8) is 0 Å². The quantitative estimate of drug-likeness (QED) is 0.610. The summed E-state index contributed by atoms with van der Waals surface area (Å²) in [6, 6.07) is 1.49. The maximum absolute atomic E-state index is 14.3. The highest BCUT2D eigenvalue weighted by Crippen LogP contribution is 2.29. The Bertz CT molecular complexity index is 1020. The molecule has 0 radical (unpaired) electrons. The zero-order valence-electron chi connectivity index (χ0n) is 12.8. The molecule has 0 atom stereocenters. The third-order valence-electron chi connectivity index (χ3n) is 3.82. The maximum atomic E-state index is 14.3. The summed E-state index contributed by atoms with van der Waals surface area (Å²) in [5, 5.41) is 3.92.